The molecule has 0 bridgehead atoms. The maximum atomic E-state index is 5.26. The fraction of sp³-hybridized carbons (Fsp3) is 0.500. The molecule has 84 valence electrons. The van der Waals surface area contributed by atoms with Crippen molar-refractivity contribution in [2.24, 2.45) is 0 Å². The van der Waals surface area contributed by atoms with Crippen LogP contribution in [0.15, 0.2) is 28.7 Å². The zero-order chi connectivity index (χ0) is 10.9. The van der Waals surface area contributed by atoms with Gasteiger partial charge in [-0.05, 0) is 37.6 Å². The highest BCUT2D eigenvalue weighted by molar-refractivity contribution is 9.10. The van der Waals surface area contributed by atoms with E-state index in [1.54, 1.807) is 0 Å². The normalized spacial score (nSPS) is 10.5. The first kappa shape index (κ1) is 12.7. The third kappa shape index (κ3) is 5.92. The first-order valence-electron chi connectivity index (χ1n) is 5.36. The zero-order valence-electron chi connectivity index (χ0n) is 9.13. The maximum absolute atomic E-state index is 5.26. The minimum Gasteiger partial charge on any atom is -0.382 e. The Morgan fingerprint density at radius 2 is 2.27 bits per heavy atom. The van der Waals surface area contributed by atoms with Gasteiger partial charge in [0.1, 0.15) is 0 Å². The second-order valence-corrected chi connectivity index (χ2v) is 4.27. The summed E-state index contributed by atoms with van der Waals surface area (Å²) in [4.78, 5) is 0. The highest BCUT2D eigenvalue weighted by Gasteiger charge is 1.93. The Balaban J connectivity index is 2.10. The molecule has 1 rings (SSSR count). The summed E-state index contributed by atoms with van der Waals surface area (Å²) in [6, 6.07) is 8.36. The number of rotatable bonds is 7. The van der Waals surface area contributed by atoms with E-state index in [4.69, 9.17) is 4.74 Å². The molecular weight excluding hydrogens is 254 g/mol. The average Bonchev–Trinajstić information content (AvgIpc) is 2.23. The van der Waals surface area contributed by atoms with Gasteiger partial charge in [-0.2, -0.15) is 0 Å². The van der Waals surface area contributed by atoms with Crippen molar-refractivity contribution in [3.63, 3.8) is 0 Å². The highest BCUT2D eigenvalue weighted by Crippen LogP contribution is 2.11. The maximum Gasteiger partial charge on any atom is 0.0477 e. The van der Waals surface area contributed by atoms with Crippen molar-refractivity contribution in [3.8, 4) is 0 Å². The molecule has 0 amide bonds. The van der Waals surface area contributed by atoms with Gasteiger partial charge < -0.3 is 10.1 Å². The summed E-state index contributed by atoms with van der Waals surface area (Å²) < 4.78 is 6.39. The van der Waals surface area contributed by atoms with Gasteiger partial charge in [-0.3, -0.25) is 0 Å². The van der Waals surface area contributed by atoms with Crippen LogP contribution in [0.2, 0.25) is 0 Å². The molecule has 0 atom stereocenters. The molecule has 0 saturated heterocycles. The van der Waals surface area contributed by atoms with Crippen LogP contribution >= 0.6 is 15.9 Å². The zero-order valence-corrected chi connectivity index (χ0v) is 10.7. The SMILES string of the molecule is CCOCCCNCc1cccc(Br)c1. The molecule has 0 saturated carbocycles. The largest absolute Gasteiger partial charge is 0.382 e. The molecule has 0 aliphatic rings. The van der Waals surface area contributed by atoms with E-state index in [2.05, 4.69) is 39.4 Å². The lowest BCUT2D eigenvalue weighted by Crippen LogP contribution is -2.16. The molecule has 1 N–H and O–H groups in total. The summed E-state index contributed by atoms with van der Waals surface area (Å²) in [5.74, 6) is 0. The van der Waals surface area contributed by atoms with E-state index in [0.29, 0.717) is 0 Å². The lowest BCUT2D eigenvalue weighted by molar-refractivity contribution is 0.144. The van der Waals surface area contributed by atoms with Gasteiger partial charge in [-0.1, -0.05) is 28.1 Å². The molecule has 0 fully saturated rings. The van der Waals surface area contributed by atoms with Gasteiger partial charge in [0.2, 0.25) is 0 Å². The van der Waals surface area contributed by atoms with Crippen molar-refractivity contribution >= 4 is 15.9 Å². The van der Waals surface area contributed by atoms with E-state index in [0.717, 1.165) is 37.2 Å². The lowest BCUT2D eigenvalue weighted by atomic mass is 10.2. The molecule has 0 heterocycles. The van der Waals surface area contributed by atoms with Gasteiger partial charge in [0.25, 0.3) is 0 Å². The van der Waals surface area contributed by atoms with Gasteiger partial charge in [-0.25, -0.2) is 0 Å². The van der Waals surface area contributed by atoms with E-state index < -0.39 is 0 Å². The second-order valence-electron chi connectivity index (χ2n) is 3.36. The van der Waals surface area contributed by atoms with Crippen LogP contribution in [0.5, 0.6) is 0 Å². The summed E-state index contributed by atoms with van der Waals surface area (Å²) in [5, 5.41) is 3.39. The number of benzene rings is 1. The molecule has 1 aromatic rings. The standard InChI is InChI=1S/C12H18BrNO/c1-2-15-8-4-7-14-10-11-5-3-6-12(13)9-11/h3,5-6,9,14H,2,4,7-8,10H2,1H3. The summed E-state index contributed by atoms with van der Waals surface area (Å²) >= 11 is 3.46. The number of halogens is 1. The van der Waals surface area contributed by atoms with Crippen LogP contribution in [0.25, 0.3) is 0 Å². The monoisotopic (exact) mass is 271 g/mol. The molecule has 0 spiro atoms. The smallest absolute Gasteiger partial charge is 0.0477 e. The molecule has 3 heteroatoms. The summed E-state index contributed by atoms with van der Waals surface area (Å²) in [6.07, 6.45) is 1.07. The number of nitrogens with one attached hydrogen (secondary N) is 1. The molecule has 15 heavy (non-hydrogen) atoms. The Kier molecular flexibility index (Phi) is 6.64. The Morgan fingerprint density at radius 1 is 1.40 bits per heavy atom. The first-order valence-corrected chi connectivity index (χ1v) is 6.15. The van der Waals surface area contributed by atoms with Crippen LogP contribution in [0.3, 0.4) is 0 Å². The predicted molar refractivity (Wildman–Crippen MR) is 67.0 cm³/mol. The fourth-order valence-electron chi connectivity index (χ4n) is 1.32. The van der Waals surface area contributed by atoms with Crippen LogP contribution in [0.1, 0.15) is 18.9 Å². The average molecular weight is 272 g/mol. The second kappa shape index (κ2) is 7.85. The van der Waals surface area contributed by atoms with E-state index in [9.17, 15) is 0 Å². The highest BCUT2D eigenvalue weighted by atomic mass is 79.9. The van der Waals surface area contributed by atoms with Crippen LogP contribution < -0.4 is 5.32 Å². The van der Waals surface area contributed by atoms with Crippen LogP contribution in [0, 0.1) is 0 Å². The molecule has 1 aromatic carbocycles. The van der Waals surface area contributed by atoms with Gasteiger partial charge in [0.05, 0.1) is 0 Å². The Morgan fingerprint density at radius 3 is 3.00 bits per heavy atom. The molecule has 0 radical (unpaired) electrons. The minimum atomic E-state index is 0.811. The number of hydrogen-bond acceptors (Lipinski definition) is 2. The summed E-state index contributed by atoms with van der Waals surface area (Å²) in [5.41, 5.74) is 1.31. The van der Waals surface area contributed by atoms with Crippen molar-refractivity contribution in [3.05, 3.63) is 34.3 Å². The Labute approximate surface area is 100 Å². The summed E-state index contributed by atoms with van der Waals surface area (Å²) in [6.45, 7) is 5.61. The van der Waals surface area contributed by atoms with E-state index in [1.807, 2.05) is 13.0 Å². The van der Waals surface area contributed by atoms with Crippen molar-refractivity contribution in [2.75, 3.05) is 19.8 Å². The van der Waals surface area contributed by atoms with Gasteiger partial charge in [-0.15, -0.1) is 0 Å². The fourth-order valence-corrected chi connectivity index (χ4v) is 1.77. The molecule has 0 aliphatic carbocycles. The lowest BCUT2D eigenvalue weighted by Gasteiger charge is -2.05. The van der Waals surface area contributed by atoms with Crippen LogP contribution in [-0.4, -0.2) is 19.8 Å². The van der Waals surface area contributed by atoms with Crippen molar-refractivity contribution in [1.82, 2.24) is 5.32 Å². The third-order valence-corrected chi connectivity index (χ3v) is 2.56. The summed E-state index contributed by atoms with van der Waals surface area (Å²) in [7, 11) is 0. The molecule has 0 aromatic heterocycles. The molecular formula is C12H18BrNO. The first-order chi connectivity index (χ1) is 7.33. The third-order valence-electron chi connectivity index (χ3n) is 2.06. The van der Waals surface area contributed by atoms with E-state index in [-0.39, 0.29) is 0 Å². The quantitative estimate of drug-likeness (QED) is 0.770. The molecule has 0 unspecified atom stereocenters. The Bertz CT molecular complexity index is 278. The van der Waals surface area contributed by atoms with E-state index >= 15 is 0 Å². The van der Waals surface area contributed by atoms with Crippen LogP contribution in [-0.2, 0) is 11.3 Å². The predicted octanol–water partition coefficient (Wildman–Crippen LogP) is 2.97. The molecule has 2 nitrogen and oxygen atoms in total. The van der Waals surface area contributed by atoms with Crippen molar-refractivity contribution in [1.29, 1.82) is 0 Å². The minimum absolute atomic E-state index is 0.811. The number of ether oxygens (including phenoxy) is 1. The van der Waals surface area contributed by atoms with Crippen LogP contribution in [0.4, 0.5) is 0 Å². The topological polar surface area (TPSA) is 21.3 Å². The van der Waals surface area contributed by atoms with Gasteiger partial charge in [0.15, 0.2) is 0 Å². The van der Waals surface area contributed by atoms with Crippen molar-refractivity contribution < 1.29 is 4.74 Å². The van der Waals surface area contributed by atoms with Gasteiger partial charge in [0, 0.05) is 24.2 Å². The van der Waals surface area contributed by atoms with Gasteiger partial charge >= 0.3 is 0 Å². The van der Waals surface area contributed by atoms with E-state index in [1.165, 1.54) is 5.56 Å². The number of hydrogen-bond donors (Lipinski definition) is 1. The Hall–Kier alpha value is -0.380. The molecule has 0 aliphatic heterocycles. The van der Waals surface area contributed by atoms with Crippen molar-refractivity contribution in [2.45, 2.75) is 19.9 Å².